The minimum atomic E-state index is -3.65. The summed E-state index contributed by atoms with van der Waals surface area (Å²) in [5.74, 6) is -0.918. The van der Waals surface area contributed by atoms with E-state index in [4.69, 9.17) is 0 Å². The zero-order valence-corrected chi connectivity index (χ0v) is 9.04. The van der Waals surface area contributed by atoms with Gasteiger partial charge in [0.15, 0.2) is 0 Å². The van der Waals surface area contributed by atoms with E-state index >= 15 is 0 Å². The molecule has 15 heavy (non-hydrogen) atoms. The van der Waals surface area contributed by atoms with Crippen molar-refractivity contribution in [1.82, 2.24) is 9.29 Å². The predicted molar refractivity (Wildman–Crippen MR) is 54.0 cm³/mol. The largest absolute Gasteiger partial charge is 0.318 e. The number of aryl methyl sites for hydroxylation is 1. The summed E-state index contributed by atoms with van der Waals surface area (Å²) in [6.07, 6.45) is 2.32. The van der Waals surface area contributed by atoms with Crippen molar-refractivity contribution in [3.05, 3.63) is 34.2 Å². The maximum atomic E-state index is 11.4. The molecule has 1 aromatic heterocycles. The summed E-state index contributed by atoms with van der Waals surface area (Å²) in [6, 6.07) is 2.75. The normalized spacial score (nSPS) is 11.1. The summed E-state index contributed by atoms with van der Waals surface area (Å²) in [7, 11) is -2.18. The second kappa shape index (κ2) is 3.85. The Morgan fingerprint density at radius 2 is 2.07 bits per heavy atom. The number of nitrogens with one attached hydrogen (secondary N) is 1. The summed E-state index contributed by atoms with van der Waals surface area (Å²) >= 11 is 0. The highest BCUT2D eigenvalue weighted by Gasteiger charge is 2.14. The monoisotopic (exact) mass is 230 g/mol. The van der Waals surface area contributed by atoms with E-state index in [0.717, 1.165) is 6.26 Å². The van der Waals surface area contributed by atoms with Gasteiger partial charge in [0.05, 0.1) is 6.26 Å². The van der Waals surface area contributed by atoms with Gasteiger partial charge in [-0.05, 0) is 12.1 Å². The van der Waals surface area contributed by atoms with Crippen molar-refractivity contribution in [3.63, 3.8) is 0 Å². The number of sulfonamides is 1. The summed E-state index contributed by atoms with van der Waals surface area (Å²) in [6.45, 7) is 0. The molecule has 1 aromatic rings. The van der Waals surface area contributed by atoms with Crippen LogP contribution in [0.15, 0.2) is 23.1 Å². The number of hydrogen-bond donors (Lipinski definition) is 1. The lowest BCUT2D eigenvalue weighted by Gasteiger charge is -2.03. The Morgan fingerprint density at radius 1 is 1.47 bits per heavy atom. The van der Waals surface area contributed by atoms with Crippen LogP contribution in [-0.4, -0.2) is 25.1 Å². The fraction of sp³-hybridized carbons (Fsp3) is 0.250. The van der Waals surface area contributed by atoms with Crippen LogP contribution < -0.4 is 10.3 Å². The molecule has 7 heteroatoms. The Labute approximate surface area is 86.6 Å². The highest BCUT2D eigenvalue weighted by molar-refractivity contribution is 7.89. The van der Waals surface area contributed by atoms with Gasteiger partial charge in [-0.1, -0.05) is 0 Å². The number of rotatable bonds is 2. The number of pyridine rings is 1. The molecule has 0 aliphatic carbocycles. The first-order valence-electron chi connectivity index (χ1n) is 3.99. The van der Waals surface area contributed by atoms with Gasteiger partial charge in [0.25, 0.3) is 11.5 Å². The molecule has 0 aliphatic rings. The molecule has 1 amide bonds. The van der Waals surface area contributed by atoms with Crippen LogP contribution >= 0.6 is 0 Å². The van der Waals surface area contributed by atoms with Crippen LogP contribution in [0.1, 0.15) is 10.4 Å². The number of hydrogen-bond acceptors (Lipinski definition) is 4. The second-order valence-electron chi connectivity index (χ2n) is 3.04. The fourth-order valence-electron chi connectivity index (χ4n) is 0.994. The number of nitrogens with zero attached hydrogens (tertiary/aromatic N) is 1. The molecule has 0 bridgehead atoms. The van der Waals surface area contributed by atoms with E-state index in [0.29, 0.717) is 0 Å². The van der Waals surface area contributed by atoms with Crippen molar-refractivity contribution in [2.45, 2.75) is 0 Å². The molecule has 1 heterocycles. The van der Waals surface area contributed by atoms with Crippen LogP contribution in [0.4, 0.5) is 0 Å². The summed E-state index contributed by atoms with van der Waals surface area (Å²) in [5.41, 5.74) is -0.746. The minimum absolute atomic E-state index is 0.203. The SMILES string of the molecule is Cn1cccc(C(=O)NS(C)(=O)=O)c1=O. The molecule has 0 atom stereocenters. The molecule has 0 unspecified atom stereocenters. The average Bonchev–Trinajstić information content (AvgIpc) is 2.06. The highest BCUT2D eigenvalue weighted by Crippen LogP contribution is 1.91. The van der Waals surface area contributed by atoms with Crippen molar-refractivity contribution in [2.24, 2.45) is 7.05 Å². The molecule has 82 valence electrons. The first-order valence-corrected chi connectivity index (χ1v) is 5.88. The van der Waals surface area contributed by atoms with E-state index in [9.17, 15) is 18.0 Å². The van der Waals surface area contributed by atoms with E-state index < -0.39 is 21.5 Å². The van der Waals surface area contributed by atoms with Crippen LogP contribution in [0.2, 0.25) is 0 Å². The maximum Gasteiger partial charge on any atom is 0.270 e. The lowest BCUT2D eigenvalue weighted by molar-refractivity contribution is 0.0979. The van der Waals surface area contributed by atoms with Gasteiger partial charge in [0.1, 0.15) is 5.56 Å². The Hall–Kier alpha value is -1.63. The minimum Gasteiger partial charge on any atom is -0.318 e. The highest BCUT2D eigenvalue weighted by atomic mass is 32.2. The predicted octanol–water partition coefficient (Wildman–Crippen LogP) is -0.925. The number of aromatic nitrogens is 1. The fourth-order valence-corrected chi connectivity index (χ4v) is 1.44. The van der Waals surface area contributed by atoms with Crippen LogP contribution in [0.25, 0.3) is 0 Å². The molecule has 0 radical (unpaired) electrons. The van der Waals surface area contributed by atoms with Crippen LogP contribution in [-0.2, 0) is 17.1 Å². The van der Waals surface area contributed by atoms with Gasteiger partial charge in [-0.2, -0.15) is 0 Å². The first kappa shape index (κ1) is 11.4. The topological polar surface area (TPSA) is 85.2 Å². The van der Waals surface area contributed by atoms with Gasteiger partial charge in [-0.15, -0.1) is 0 Å². The molecule has 0 spiro atoms. The number of carbonyl (C=O) groups is 1. The average molecular weight is 230 g/mol. The second-order valence-corrected chi connectivity index (χ2v) is 4.79. The molecule has 0 saturated heterocycles. The van der Waals surface area contributed by atoms with Gasteiger partial charge in [-0.3, -0.25) is 9.59 Å². The van der Waals surface area contributed by atoms with E-state index in [1.165, 1.54) is 29.9 Å². The smallest absolute Gasteiger partial charge is 0.270 e. The van der Waals surface area contributed by atoms with Crippen molar-refractivity contribution in [3.8, 4) is 0 Å². The van der Waals surface area contributed by atoms with E-state index in [1.54, 1.807) is 4.72 Å². The number of carbonyl (C=O) groups excluding carboxylic acids is 1. The summed E-state index contributed by atoms with van der Waals surface area (Å²) in [5, 5.41) is 0. The van der Waals surface area contributed by atoms with Gasteiger partial charge in [0.2, 0.25) is 10.0 Å². The molecular formula is C8H10N2O4S. The quantitative estimate of drug-likeness (QED) is 0.711. The zero-order chi connectivity index (χ0) is 11.6. The van der Waals surface area contributed by atoms with Gasteiger partial charge in [-0.25, -0.2) is 13.1 Å². The summed E-state index contributed by atoms with van der Waals surface area (Å²) in [4.78, 5) is 22.7. The molecule has 6 nitrogen and oxygen atoms in total. The Balaban J connectivity index is 3.14. The molecule has 1 N–H and O–H groups in total. The third kappa shape index (κ3) is 2.91. The molecule has 0 fully saturated rings. The van der Waals surface area contributed by atoms with E-state index in [2.05, 4.69) is 0 Å². The van der Waals surface area contributed by atoms with Crippen LogP contribution in [0.5, 0.6) is 0 Å². The summed E-state index contributed by atoms with van der Waals surface area (Å²) < 4.78 is 24.5. The molecule has 0 saturated carbocycles. The van der Waals surface area contributed by atoms with Gasteiger partial charge in [0, 0.05) is 13.2 Å². The standard InChI is InChI=1S/C8H10N2O4S/c1-10-5-3-4-6(8(10)12)7(11)9-15(2,13)14/h3-5H,1-2H3,(H,9,11). The first-order chi connectivity index (χ1) is 6.81. The Kier molecular flexibility index (Phi) is 2.94. The van der Waals surface area contributed by atoms with Crippen molar-refractivity contribution >= 4 is 15.9 Å². The molecule has 0 aliphatic heterocycles. The van der Waals surface area contributed by atoms with Crippen molar-refractivity contribution in [1.29, 1.82) is 0 Å². The van der Waals surface area contributed by atoms with E-state index in [1.807, 2.05) is 0 Å². The van der Waals surface area contributed by atoms with Crippen LogP contribution in [0, 0.1) is 0 Å². The Bertz CT molecular complexity index is 544. The van der Waals surface area contributed by atoms with Crippen LogP contribution in [0.3, 0.4) is 0 Å². The van der Waals surface area contributed by atoms with Crippen molar-refractivity contribution < 1.29 is 13.2 Å². The maximum absolute atomic E-state index is 11.4. The van der Waals surface area contributed by atoms with Gasteiger partial charge < -0.3 is 4.57 Å². The third-order valence-corrected chi connectivity index (χ3v) is 2.20. The van der Waals surface area contributed by atoms with Crippen molar-refractivity contribution in [2.75, 3.05) is 6.26 Å². The number of amides is 1. The molecular weight excluding hydrogens is 220 g/mol. The van der Waals surface area contributed by atoms with E-state index in [-0.39, 0.29) is 5.56 Å². The Morgan fingerprint density at radius 3 is 2.60 bits per heavy atom. The molecule has 1 rings (SSSR count). The lowest BCUT2D eigenvalue weighted by atomic mass is 10.3. The third-order valence-electron chi connectivity index (χ3n) is 1.65. The molecule has 0 aromatic carbocycles. The van der Waals surface area contributed by atoms with Gasteiger partial charge >= 0.3 is 0 Å². The zero-order valence-electron chi connectivity index (χ0n) is 8.22. The lowest BCUT2D eigenvalue weighted by Crippen LogP contribution is -2.35.